The Morgan fingerprint density at radius 2 is 2.05 bits per heavy atom. The molecule has 1 heterocycles. The Hall–Kier alpha value is -1.35. The van der Waals surface area contributed by atoms with Gasteiger partial charge in [-0.1, -0.05) is 24.3 Å². The van der Waals surface area contributed by atoms with E-state index in [9.17, 15) is 4.79 Å². The SMILES string of the molecule is Cc1ccccc1C(C)NC(C)CN1CCCC1=O. The highest BCUT2D eigenvalue weighted by Crippen LogP contribution is 2.18. The maximum Gasteiger partial charge on any atom is 0.222 e. The Morgan fingerprint density at radius 1 is 1.32 bits per heavy atom. The van der Waals surface area contributed by atoms with Gasteiger partial charge < -0.3 is 10.2 Å². The summed E-state index contributed by atoms with van der Waals surface area (Å²) in [5.74, 6) is 0.303. The zero-order chi connectivity index (χ0) is 13.8. The van der Waals surface area contributed by atoms with Gasteiger partial charge in [0.05, 0.1) is 0 Å². The number of rotatable bonds is 5. The fourth-order valence-electron chi connectivity index (χ4n) is 2.87. The van der Waals surface area contributed by atoms with Gasteiger partial charge in [-0.25, -0.2) is 0 Å². The van der Waals surface area contributed by atoms with Crippen molar-refractivity contribution in [2.75, 3.05) is 13.1 Å². The van der Waals surface area contributed by atoms with E-state index in [1.165, 1.54) is 11.1 Å². The molecule has 0 aliphatic carbocycles. The van der Waals surface area contributed by atoms with Crippen LogP contribution in [0.25, 0.3) is 0 Å². The van der Waals surface area contributed by atoms with Crippen molar-refractivity contribution in [1.29, 1.82) is 0 Å². The van der Waals surface area contributed by atoms with Crippen LogP contribution in [-0.4, -0.2) is 29.9 Å². The van der Waals surface area contributed by atoms with E-state index in [1.807, 2.05) is 4.90 Å². The predicted molar refractivity (Wildman–Crippen MR) is 78.0 cm³/mol. The lowest BCUT2D eigenvalue weighted by Crippen LogP contribution is -2.40. The molecule has 2 atom stereocenters. The van der Waals surface area contributed by atoms with Crippen LogP contribution in [0.1, 0.15) is 43.9 Å². The van der Waals surface area contributed by atoms with Crippen molar-refractivity contribution in [3.05, 3.63) is 35.4 Å². The van der Waals surface area contributed by atoms with E-state index < -0.39 is 0 Å². The summed E-state index contributed by atoms with van der Waals surface area (Å²) in [7, 11) is 0. The minimum Gasteiger partial charge on any atom is -0.341 e. The zero-order valence-corrected chi connectivity index (χ0v) is 12.1. The molecule has 19 heavy (non-hydrogen) atoms. The molecule has 104 valence electrons. The van der Waals surface area contributed by atoms with Crippen molar-refractivity contribution in [3.63, 3.8) is 0 Å². The summed E-state index contributed by atoms with van der Waals surface area (Å²) in [5, 5.41) is 3.59. The lowest BCUT2D eigenvalue weighted by molar-refractivity contribution is -0.127. The molecule has 2 rings (SSSR count). The van der Waals surface area contributed by atoms with Crippen molar-refractivity contribution in [2.24, 2.45) is 0 Å². The third-order valence-corrected chi connectivity index (χ3v) is 3.86. The Morgan fingerprint density at radius 3 is 2.68 bits per heavy atom. The predicted octanol–water partition coefficient (Wildman–Crippen LogP) is 2.66. The van der Waals surface area contributed by atoms with Gasteiger partial charge in [-0.2, -0.15) is 0 Å². The smallest absolute Gasteiger partial charge is 0.222 e. The maximum atomic E-state index is 11.6. The van der Waals surface area contributed by atoms with Crippen molar-refractivity contribution >= 4 is 5.91 Å². The second kappa shape index (κ2) is 6.20. The number of carbonyl (C=O) groups excluding carboxylic acids is 1. The molecule has 0 spiro atoms. The van der Waals surface area contributed by atoms with Crippen LogP contribution in [0.2, 0.25) is 0 Å². The van der Waals surface area contributed by atoms with E-state index in [-0.39, 0.29) is 0 Å². The summed E-state index contributed by atoms with van der Waals surface area (Å²) in [4.78, 5) is 13.6. The van der Waals surface area contributed by atoms with E-state index >= 15 is 0 Å². The van der Waals surface area contributed by atoms with E-state index in [1.54, 1.807) is 0 Å². The van der Waals surface area contributed by atoms with Gasteiger partial charge in [-0.3, -0.25) is 4.79 Å². The molecule has 1 fully saturated rings. The van der Waals surface area contributed by atoms with Crippen LogP contribution in [-0.2, 0) is 4.79 Å². The average molecular weight is 260 g/mol. The van der Waals surface area contributed by atoms with E-state index in [0.29, 0.717) is 18.0 Å². The van der Waals surface area contributed by atoms with Crippen molar-refractivity contribution in [1.82, 2.24) is 10.2 Å². The highest BCUT2D eigenvalue weighted by atomic mass is 16.2. The van der Waals surface area contributed by atoms with Crippen molar-refractivity contribution < 1.29 is 4.79 Å². The van der Waals surface area contributed by atoms with Crippen LogP contribution in [0, 0.1) is 6.92 Å². The molecule has 3 nitrogen and oxygen atoms in total. The summed E-state index contributed by atoms with van der Waals surface area (Å²) in [6.45, 7) is 8.21. The van der Waals surface area contributed by atoms with Crippen molar-refractivity contribution in [2.45, 2.75) is 45.7 Å². The highest BCUT2D eigenvalue weighted by Gasteiger charge is 2.22. The topological polar surface area (TPSA) is 32.3 Å². The van der Waals surface area contributed by atoms with E-state index in [4.69, 9.17) is 0 Å². The first-order valence-corrected chi connectivity index (χ1v) is 7.17. The van der Waals surface area contributed by atoms with Crippen LogP contribution in [0.5, 0.6) is 0 Å². The fraction of sp³-hybridized carbons (Fsp3) is 0.562. The molecule has 0 saturated carbocycles. The Bertz CT molecular complexity index is 444. The number of hydrogen-bond donors (Lipinski definition) is 1. The highest BCUT2D eigenvalue weighted by molar-refractivity contribution is 5.78. The number of nitrogens with one attached hydrogen (secondary N) is 1. The number of benzene rings is 1. The van der Waals surface area contributed by atoms with Gasteiger partial charge in [0.2, 0.25) is 5.91 Å². The van der Waals surface area contributed by atoms with E-state index in [2.05, 4.69) is 50.4 Å². The number of carbonyl (C=O) groups is 1. The summed E-state index contributed by atoms with van der Waals surface area (Å²) in [5.41, 5.74) is 2.65. The number of likely N-dealkylation sites (tertiary alicyclic amines) is 1. The monoisotopic (exact) mass is 260 g/mol. The zero-order valence-electron chi connectivity index (χ0n) is 12.1. The minimum atomic E-state index is 0.303. The molecule has 1 aromatic carbocycles. The first-order valence-electron chi connectivity index (χ1n) is 7.17. The van der Waals surface area contributed by atoms with Crippen LogP contribution in [0.4, 0.5) is 0 Å². The largest absolute Gasteiger partial charge is 0.341 e. The third-order valence-electron chi connectivity index (χ3n) is 3.86. The third kappa shape index (κ3) is 3.57. The van der Waals surface area contributed by atoms with Gasteiger partial charge >= 0.3 is 0 Å². The molecule has 1 aromatic rings. The Balaban J connectivity index is 1.90. The van der Waals surface area contributed by atoms with Crippen molar-refractivity contribution in [3.8, 4) is 0 Å². The first-order chi connectivity index (χ1) is 9.08. The maximum absolute atomic E-state index is 11.6. The first kappa shape index (κ1) is 14.1. The molecule has 1 amide bonds. The summed E-state index contributed by atoms with van der Waals surface area (Å²) < 4.78 is 0. The molecular formula is C16H24N2O. The summed E-state index contributed by atoms with van der Waals surface area (Å²) in [6, 6.07) is 9.08. The van der Waals surface area contributed by atoms with Crippen LogP contribution < -0.4 is 5.32 Å². The quantitative estimate of drug-likeness (QED) is 0.882. The van der Waals surface area contributed by atoms with Crippen LogP contribution in [0.15, 0.2) is 24.3 Å². The number of amides is 1. The minimum absolute atomic E-state index is 0.303. The standard InChI is InChI=1S/C16H24N2O/c1-12-7-4-5-8-15(12)14(3)17-13(2)11-18-10-6-9-16(18)19/h4-5,7-8,13-14,17H,6,9-11H2,1-3H3. The normalized spacial score (nSPS) is 18.7. The molecule has 0 aromatic heterocycles. The fourth-order valence-corrected chi connectivity index (χ4v) is 2.87. The number of nitrogens with zero attached hydrogens (tertiary/aromatic N) is 1. The second-order valence-corrected chi connectivity index (χ2v) is 5.59. The second-order valence-electron chi connectivity index (χ2n) is 5.59. The molecule has 1 saturated heterocycles. The lowest BCUT2D eigenvalue weighted by Gasteiger charge is -2.25. The van der Waals surface area contributed by atoms with Gasteiger partial charge in [0.1, 0.15) is 0 Å². The van der Waals surface area contributed by atoms with E-state index in [0.717, 1.165) is 25.9 Å². The lowest BCUT2D eigenvalue weighted by atomic mass is 10.0. The van der Waals surface area contributed by atoms with Gasteiger partial charge in [-0.05, 0) is 38.3 Å². The summed E-state index contributed by atoms with van der Waals surface area (Å²) >= 11 is 0. The molecule has 1 aliphatic heterocycles. The summed E-state index contributed by atoms with van der Waals surface area (Å²) in [6.07, 6.45) is 1.74. The van der Waals surface area contributed by atoms with Gasteiger partial charge in [-0.15, -0.1) is 0 Å². The van der Waals surface area contributed by atoms with Gasteiger partial charge in [0.25, 0.3) is 0 Å². The molecule has 1 aliphatic rings. The molecule has 3 heteroatoms. The molecule has 1 N–H and O–H groups in total. The molecular weight excluding hydrogens is 236 g/mol. The molecule has 0 radical (unpaired) electrons. The molecule has 2 unspecified atom stereocenters. The van der Waals surface area contributed by atoms with Gasteiger partial charge in [0, 0.05) is 31.6 Å². The number of hydrogen-bond acceptors (Lipinski definition) is 2. The molecule has 0 bridgehead atoms. The van der Waals surface area contributed by atoms with Gasteiger partial charge in [0.15, 0.2) is 0 Å². The Labute approximate surface area is 116 Å². The number of aryl methyl sites for hydroxylation is 1. The Kier molecular flexibility index (Phi) is 4.59. The van der Waals surface area contributed by atoms with Crippen LogP contribution >= 0.6 is 0 Å². The average Bonchev–Trinajstić information content (AvgIpc) is 2.75. The van der Waals surface area contributed by atoms with Crippen LogP contribution in [0.3, 0.4) is 0 Å².